The Labute approximate surface area is 120 Å². The van der Waals surface area contributed by atoms with Crippen molar-refractivity contribution in [2.75, 3.05) is 6.61 Å². The fraction of sp³-hybridized carbons (Fsp3) is 0.700. The van der Waals surface area contributed by atoms with Crippen LogP contribution in [0.2, 0.25) is 0 Å². The summed E-state index contributed by atoms with van der Waals surface area (Å²) in [4.78, 5) is 10.6. The molecule has 0 aromatic rings. The van der Waals surface area contributed by atoms with Crippen molar-refractivity contribution in [1.29, 1.82) is 0 Å². The van der Waals surface area contributed by atoms with Gasteiger partial charge in [-0.1, -0.05) is 6.08 Å². The van der Waals surface area contributed by atoms with Crippen LogP contribution >= 0.6 is 0 Å². The topological polar surface area (TPSA) is 26.3 Å². The quantitative estimate of drug-likeness (QED) is 0.399. The van der Waals surface area contributed by atoms with Crippen LogP contribution in [0.5, 0.6) is 0 Å². The third kappa shape index (κ3) is 3.68. The first kappa shape index (κ1) is 21.4. The molecule has 0 unspecified atom stereocenters. The largest absolute Gasteiger partial charge is 0.460 e. The summed E-state index contributed by atoms with van der Waals surface area (Å²) in [6, 6.07) is 0. The van der Waals surface area contributed by atoms with E-state index >= 15 is 0 Å². The smallest absolute Gasteiger partial charge is 0.456 e. The molecule has 0 aliphatic rings. The first-order chi connectivity index (χ1) is 9.95. The van der Waals surface area contributed by atoms with Gasteiger partial charge in [0.05, 0.1) is 0 Å². The average Bonchev–Trinajstić information content (AvgIpc) is 2.34. The Bertz CT molecular complexity index is 464. The fourth-order valence-electron chi connectivity index (χ4n) is 1.04. The summed E-state index contributed by atoms with van der Waals surface area (Å²) in [5.41, 5.74) is 0. The van der Waals surface area contributed by atoms with Gasteiger partial charge < -0.3 is 4.74 Å². The maximum atomic E-state index is 13.0. The van der Waals surface area contributed by atoms with E-state index in [-0.39, 0.29) is 0 Å². The molecule has 0 saturated carbocycles. The summed E-state index contributed by atoms with van der Waals surface area (Å²) in [6.45, 7) is -1.70. The van der Waals surface area contributed by atoms with E-state index in [0.29, 0.717) is 6.08 Å². The number of ether oxygens (including phenoxy) is 1. The molecule has 136 valence electrons. The van der Waals surface area contributed by atoms with Crippen molar-refractivity contribution in [1.82, 2.24) is 0 Å². The molecule has 0 aromatic carbocycles. The minimum atomic E-state index is -7.51. The van der Waals surface area contributed by atoms with E-state index in [9.17, 15) is 53.1 Å². The second-order valence-corrected chi connectivity index (χ2v) is 4.03. The molecule has 0 atom stereocenters. The van der Waals surface area contributed by atoms with Gasteiger partial charge in [0, 0.05) is 6.08 Å². The van der Waals surface area contributed by atoms with Gasteiger partial charge in [-0.25, -0.2) is 4.79 Å². The molecule has 0 N–H and O–H groups in total. The Morgan fingerprint density at radius 3 is 1.61 bits per heavy atom. The van der Waals surface area contributed by atoms with Crippen LogP contribution in [0.3, 0.4) is 0 Å². The van der Waals surface area contributed by atoms with E-state index in [2.05, 4.69) is 4.74 Å². The van der Waals surface area contributed by atoms with Gasteiger partial charge in [-0.15, -0.1) is 0 Å². The van der Waals surface area contributed by atoms with Crippen molar-refractivity contribution in [2.24, 2.45) is 0 Å². The first-order valence-electron chi connectivity index (χ1n) is 5.33. The van der Waals surface area contributed by atoms with Gasteiger partial charge in [-0.3, -0.25) is 0 Å². The Kier molecular flexibility index (Phi) is 5.73. The number of carbonyl (C=O) groups is 1. The summed E-state index contributed by atoms with van der Waals surface area (Å²) in [7, 11) is 0. The predicted molar refractivity (Wildman–Crippen MR) is 51.6 cm³/mol. The van der Waals surface area contributed by atoms with E-state index in [1.807, 2.05) is 0 Å². The van der Waals surface area contributed by atoms with Gasteiger partial charge in [0.2, 0.25) is 0 Å². The van der Waals surface area contributed by atoms with Crippen molar-refractivity contribution in [2.45, 2.75) is 36.8 Å². The number of esters is 1. The Balaban J connectivity index is 5.62. The normalized spacial score (nSPS) is 15.1. The molecule has 23 heavy (non-hydrogen) atoms. The van der Waals surface area contributed by atoms with Gasteiger partial charge in [-0.2, -0.15) is 48.3 Å². The highest BCUT2D eigenvalue weighted by Gasteiger charge is 2.87. The highest BCUT2D eigenvalue weighted by atomic mass is 19.4. The predicted octanol–water partition coefficient (Wildman–Crippen LogP) is 4.21. The molecule has 13 heteroatoms. The van der Waals surface area contributed by atoms with E-state index in [4.69, 9.17) is 0 Å². The molecule has 2 nitrogen and oxygen atoms in total. The van der Waals surface area contributed by atoms with Crippen molar-refractivity contribution in [3.05, 3.63) is 12.2 Å². The van der Waals surface area contributed by atoms with Crippen molar-refractivity contribution in [3.63, 3.8) is 0 Å². The first-order valence-corrected chi connectivity index (χ1v) is 5.33. The molecule has 0 saturated heterocycles. The van der Waals surface area contributed by atoms with E-state index in [0.717, 1.165) is 13.0 Å². The maximum absolute atomic E-state index is 13.0. The number of hydrogen-bond acceptors (Lipinski definition) is 2. The van der Waals surface area contributed by atoms with Crippen LogP contribution in [0, 0.1) is 0 Å². The van der Waals surface area contributed by atoms with Gasteiger partial charge in [-0.05, 0) is 6.92 Å². The zero-order valence-corrected chi connectivity index (χ0v) is 10.8. The van der Waals surface area contributed by atoms with Gasteiger partial charge in [0.15, 0.2) is 6.61 Å². The minimum absolute atomic E-state index is 0.386. The standard InChI is InChI=1S/C10H7F11O2/c1-2-3-5(22)23-4-6(11,12)7(13,14)8(15,16)9(17,18)10(19,20)21/h2-3H,4H2,1H3/b3-2-. The lowest BCUT2D eigenvalue weighted by atomic mass is 9.98. The van der Waals surface area contributed by atoms with Crippen LogP contribution in [-0.2, 0) is 9.53 Å². The molecular formula is C10H7F11O2. The molecule has 0 heterocycles. The lowest BCUT2D eigenvalue weighted by Crippen LogP contribution is -2.67. The third-order valence-corrected chi connectivity index (χ3v) is 2.30. The van der Waals surface area contributed by atoms with Crippen LogP contribution in [0.1, 0.15) is 6.92 Å². The number of halogens is 11. The van der Waals surface area contributed by atoms with Crippen LogP contribution in [0.15, 0.2) is 12.2 Å². The maximum Gasteiger partial charge on any atom is 0.460 e. The zero-order valence-electron chi connectivity index (χ0n) is 10.8. The van der Waals surface area contributed by atoms with Crippen molar-refractivity contribution < 1.29 is 57.8 Å². The Morgan fingerprint density at radius 2 is 1.26 bits per heavy atom. The number of alkyl halides is 11. The Hall–Kier alpha value is -1.56. The minimum Gasteiger partial charge on any atom is -0.456 e. The molecule has 0 amide bonds. The summed E-state index contributed by atoms with van der Waals surface area (Å²) in [6.07, 6.45) is -5.97. The number of carbonyl (C=O) groups excluding carboxylic acids is 1. The highest BCUT2D eigenvalue weighted by molar-refractivity contribution is 5.81. The molecule has 0 fully saturated rings. The van der Waals surface area contributed by atoms with Crippen LogP contribution in [0.25, 0.3) is 0 Å². The molecular weight excluding hydrogens is 361 g/mol. The van der Waals surface area contributed by atoms with Gasteiger partial charge >= 0.3 is 35.8 Å². The summed E-state index contributed by atoms with van der Waals surface area (Å²) in [5.74, 6) is -30.1. The highest BCUT2D eigenvalue weighted by Crippen LogP contribution is 2.57. The lowest BCUT2D eigenvalue weighted by Gasteiger charge is -2.36. The van der Waals surface area contributed by atoms with E-state index in [1.165, 1.54) is 0 Å². The number of hydrogen-bond donors (Lipinski definition) is 0. The van der Waals surface area contributed by atoms with E-state index < -0.39 is 42.4 Å². The summed E-state index contributed by atoms with van der Waals surface area (Å²) in [5, 5.41) is 0. The molecule has 0 aliphatic carbocycles. The van der Waals surface area contributed by atoms with Crippen LogP contribution in [-0.4, -0.2) is 42.4 Å². The Morgan fingerprint density at radius 1 is 0.826 bits per heavy atom. The molecule has 0 aromatic heterocycles. The molecule has 0 rings (SSSR count). The van der Waals surface area contributed by atoms with Gasteiger partial charge in [0.1, 0.15) is 0 Å². The summed E-state index contributed by atoms with van der Waals surface area (Å²) < 4.78 is 141. The van der Waals surface area contributed by atoms with Crippen LogP contribution in [0.4, 0.5) is 48.3 Å². The summed E-state index contributed by atoms with van der Waals surface area (Å²) >= 11 is 0. The fourth-order valence-corrected chi connectivity index (χ4v) is 1.04. The molecule has 0 bridgehead atoms. The van der Waals surface area contributed by atoms with Crippen molar-refractivity contribution >= 4 is 5.97 Å². The third-order valence-electron chi connectivity index (χ3n) is 2.30. The molecule has 0 aliphatic heterocycles. The average molecular weight is 368 g/mol. The SMILES string of the molecule is C/C=C\C(=O)OCC(F)(F)C(F)(F)C(F)(F)C(F)(F)C(F)(F)F. The van der Waals surface area contributed by atoms with Crippen molar-refractivity contribution in [3.8, 4) is 0 Å². The van der Waals surface area contributed by atoms with Crippen LogP contribution < -0.4 is 0 Å². The van der Waals surface area contributed by atoms with E-state index in [1.54, 1.807) is 0 Å². The van der Waals surface area contributed by atoms with Gasteiger partial charge in [0.25, 0.3) is 0 Å². The zero-order chi connectivity index (χ0) is 18.9. The second-order valence-electron chi connectivity index (χ2n) is 4.03. The monoisotopic (exact) mass is 368 g/mol. The number of allylic oxidation sites excluding steroid dienone is 1. The lowest BCUT2D eigenvalue weighted by molar-refractivity contribution is -0.423. The molecule has 0 spiro atoms. The second kappa shape index (κ2) is 6.15. The molecule has 0 radical (unpaired) electrons. The number of rotatable bonds is 6.